The van der Waals surface area contributed by atoms with Gasteiger partial charge >= 0.3 is 0 Å². The van der Waals surface area contributed by atoms with Crippen LogP contribution in [0.4, 0.5) is 20.2 Å². The molecule has 1 aromatic carbocycles. The lowest BCUT2D eigenvalue weighted by Crippen LogP contribution is -2.45. The number of benzene rings is 1. The maximum atomic E-state index is 13.7. The molecule has 1 fully saturated rings. The Balaban J connectivity index is 2.09. The van der Waals surface area contributed by atoms with Gasteiger partial charge in [0.15, 0.2) is 17.3 Å². The molecule has 0 bridgehead atoms. The van der Waals surface area contributed by atoms with Crippen molar-refractivity contribution in [1.29, 1.82) is 0 Å². The summed E-state index contributed by atoms with van der Waals surface area (Å²) < 4.78 is 32.5. The predicted molar refractivity (Wildman–Crippen MR) is 73.4 cm³/mol. The third-order valence-corrected chi connectivity index (χ3v) is 3.45. The van der Waals surface area contributed by atoms with Crippen LogP contribution in [0.2, 0.25) is 0 Å². The van der Waals surface area contributed by atoms with Gasteiger partial charge in [0.1, 0.15) is 0 Å². The molecule has 1 unspecified atom stereocenters. The Kier molecular flexibility index (Phi) is 5.03. The van der Waals surface area contributed by atoms with Crippen molar-refractivity contribution in [3.05, 3.63) is 33.9 Å². The Labute approximate surface area is 120 Å². The molecular weight excluding hydrogens is 284 g/mol. The van der Waals surface area contributed by atoms with E-state index in [9.17, 15) is 18.9 Å². The van der Waals surface area contributed by atoms with E-state index < -0.39 is 27.9 Å². The molecule has 8 heteroatoms. The van der Waals surface area contributed by atoms with E-state index in [1.54, 1.807) is 0 Å². The van der Waals surface area contributed by atoms with Crippen molar-refractivity contribution in [2.75, 3.05) is 38.1 Å². The van der Waals surface area contributed by atoms with Gasteiger partial charge in [-0.3, -0.25) is 15.0 Å². The second-order valence-corrected chi connectivity index (χ2v) is 4.78. The van der Waals surface area contributed by atoms with Gasteiger partial charge in [0, 0.05) is 25.7 Å². The van der Waals surface area contributed by atoms with Crippen molar-refractivity contribution in [1.82, 2.24) is 4.90 Å². The van der Waals surface area contributed by atoms with Gasteiger partial charge in [0.25, 0.3) is 5.69 Å². The lowest BCUT2D eigenvalue weighted by Gasteiger charge is -2.32. The maximum absolute atomic E-state index is 13.7. The van der Waals surface area contributed by atoms with Gasteiger partial charge in [-0.25, -0.2) is 8.78 Å². The van der Waals surface area contributed by atoms with E-state index in [0.717, 1.165) is 25.2 Å². The SMILES string of the molecule is CCN1CCOC(CNc2c([N+](=O)[O-])ccc(F)c2F)C1. The quantitative estimate of drug-likeness (QED) is 0.665. The number of hydrogen-bond donors (Lipinski definition) is 1. The Morgan fingerprint density at radius 2 is 2.29 bits per heavy atom. The van der Waals surface area contributed by atoms with E-state index in [1.807, 2.05) is 6.92 Å². The predicted octanol–water partition coefficient (Wildman–Crippen LogP) is 2.01. The lowest BCUT2D eigenvalue weighted by atomic mass is 10.2. The molecule has 1 heterocycles. The Morgan fingerprint density at radius 1 is 1.52 bits per heavy atom. The first-order valence-corrected chi connectivity index (χ1v) is 6.73. The molecule has 0 aliphatic carbocycles. The molecule has 1 aromatic rings. The molecule has 1 aliphatic rings. The number of hydrogen-bond acceptors (Lipinski definition) is 5. The van der Waals surface area contributed by atoms with Crippen LogP contribution in [-0.2, 0) is 4.74 Å². The van der Waals surface area contributed by atoms with Crippen LogP contribution in [0, 0.1) is 21.7 Å². The number of likely N-dealkylation sites (N-methyl/N-ethyl adjacent to an activating group) is 1. The van der Waals surface area contributed by atoms with Crippen molar-refractivity contribution in [2.45, 2.75) is 13.0 Å². The summed E-state index contributed by atoms with van der Waals surface area (Å²) in [7, 11) is 0. The minimum absolute atomic E-state index is 0.178. The van der Waals surface area contributed by atoms with Crippen LogP contribution in [0.15, 0.2) is 12.1 Å². The normalized spacial score (nSPS) is 19.5. The van der Waals surface area contributed by atoms with Crippen LogP contribution in [0.5, 0.6) is 0 Å². The molecule has 116 valence electrons. The third-order valence-electron chi connectivity index (χ3n) is 3.45. The first-order valence-electron chi connectivity index (χ1n) is 6.73. The molecule has 1 saturated heterocycles. The van der Waals surface area contributed by atoms with Gasteiger partial charge in [-0.2, -0.15) is 0 Å². The zero-order valence-corrected chi connectivity index (χ0v) is 11.6. The molecule has 6 nitrogen and oxygen atoms in total. The van der Waals surface area contributed by atoms with Crippen molar-refractivity contribution >= 4 is 11.4 Å². The summed E-state index contributed by atoms with van der Waals surface area (Å²) in [5.41, 5.74) is -0.922. The summed E-state index contributed by atoms with van der Waals surface area (Å²) in [4.78, 5) is 12.3. The first-order chi connectivity index (χ1) is 10.0. The average Bonchev–Trinajstić information content (AvgIpc) is 2.48. The molecule has 2 rings (SSSR count). The van der Waals surface area contributed by atoms with Gasteiger partial charge in [-0.15, -0.1) is 0 Å². The Morgan fingerprint density at radius 3 is 2.95 bits per heavy atom. The summed E-state index contributed by atoms with van der Waals surface area (Å²) >= 11 is 0. The highest BCUT2D eigenvalue weighted by Crippen LogP contribution is 2.29. The number of anilines is 1. The molecule has 21 heavy (non-hydrogen) atoms. The zero-order valence-electron chi connectivity index (χ0n) is 11.6. The highest BCUT2D eigenvalue weighted by Gasteiger charge is 2.24. The monoisotopic (exact) mass is 301 g/mol. The van der Waals surface area contributed by atoms with Gasteiger partial charge < -0.3 is 10.1 Å². The van der Waals surface area contributed by atoms with Crippen LogP contribution in [0.25, 0.3) is 0 Å². The van der Waals surface area contributed by atoms with E-state index in [0.29, 0.717) is 13.2 Å². The van der Waals surface area contributed by atoms with Crippen molar-refractivity contribution in [2.24, 2.45) is 0 Å². The first kappa shape index (κ1) is 15.6. The number of nitro benzene ring substituents is 1. The molecule has 0 aromatic heterocycles. The van der Waals surface area contributed by atoms with Gasteiger partial charge in [-0.1, -0.05) is 6.92 Å². The van der Waals surface area contributed by atoms with Crippen molar-refractivity contribution in [3.8, 4) is 0 Å². The van der Waals surface area contributed by atoms with Crippen molar-refractivity contribution in [3.63, 3.8) is 0 Å². The molecule has 1 aliphatic heterocycles. The van der Waals surface area contributed by atoms with Gasteiger partial charge in [-0.05, 0) is 12.6 Å². The van der Waals surface area contributed by atoms with E-state index in [-0.39, 0.29) is 12.6 Å². The van der Waals surface area contributed by atoms with Gasteiger partial charge in [0.2, 0.25) is 0 Å². The van der Waals surface area contributed by atoms with E-state index in [2.05, 4.69) is 10.2 Å². The van der Waals surface area contributed by atoms with E-state index in [4.69, 9.17) is 4.74 Å². The second-order valence-electron chi connectivity index (χ2n) is 4.78. The number of nitro groups is 1. The number of nitrogens with zero attached hydrogens (tertiary/aromatic N) is 2. The number of rotatable bonds is 5. The smallest absolute Gasteiger partial charge is 0.295 e. The van der Waals surface area contributed by atoms with Gasteiger partial charge in [0.05, 0.1) is 17.6 Å². The topological polar surface area (TPSA) is 67.6 Å². The number of morpholine rings is 1. The number of ether oxygens (including phenoxy) is 1. The highest BCUT2D eigenvalue weighted by atomic mass is 19.2. The fraction of sp³-hybridized carbons (Fsp3) is 0.538. The van der Waals surface area contributed by atoms with E-state index in [1.165, 1.54) is 0 Å². The maximum Gasteiger partial charge on any atom is 0.295 e. The minimum atomic E-state index is -1.24. The Bertz CT molecular complexity index is 528. The zero-order chi connectivity index (χ0) is 15.4. The summed E-state index contributed by atoms with van der Waals surface area (Å²) in [6.07, 6.45) is -0.221. The van der Waals surface area contributed by atoms with Crippen LogP contribution < -0.4 is 5.32 Å². The van der Waals surface area contributed by atoms with Crippen LogP contribution in [0.3, 0.4) is 0 Å². The fourth-order valence-electron chi connectivity index (χ4n) is 2.27. The highest BCUT2D eigenvalue weighted by molar-refractivity contribution is 5.62. The van der Waals surface area contributed by atoms with E-state index >= 15 is 0 Å². The van der Waals surface area contributed by atoms with Crippen molar-refractivity contribution < 1.29 is 18.4 Å². The molecule has 0 amide bonds. The molecular formula is C13H17F2N3O3. The second kappa shape index (κ2) is 6.77. The summed E-state index contributed by atoms with van der Waals surface area (Å²) in [5.74, 6) is -2.37. The molecule has 1 N–H and O–H groups in total. The summed E-state index contributed by atoms with van der Waals surface area (Å²) in [6.45, 7) is 5.09. The molecule has 1 atom stereocenters. The molecule has 0 spiro atoms. The largest absolute Gasteiger partial charge is 0.374 e. The third kappa shape index (κ3) is 3.64. The van der Waals surface area contributed by atoms with Crippen LogP contribution in [-0.4, -0.2) is 48.7 Å². The minimum Gasteiger partial charge on any atom is -0.374 e. The standard InChI is InChI=1S/C13H17F2N3O3/c1-2-17-5-6-21-9(8-17)7-16-13-11(18(19)20)4-3-10(14)12(13)15/h3-4,9,16H,2,5-8H2,1H3. The number of nitrogens with one attached hydrogen (secondary N) is 1. The lowest BCUT2D eigenvalue weighted by molar-refractivity contribution is -0.384. The summed E-state index contributed by atoms with van der Waals surface area (Å²) in [6, 6.07) is 1.69. The number of halogens is 2. The average molecular weight is 301 g/mol. The Hall–Kier alpha value is -1.80. The fourth-order valence-corrected chi connectivity index (χ4v) is 2.27. The molecule has 0 saturated carbocycles. The summed E-state index contributed by atoms with van der Waals surface area (Å²) in [5, 5.41) is 13.5. The van der Waals surface area contributed by atoms with Crippen LogP contribution in [0.1, 0.15) is 6.92 Å². The van der Waals surface area contributed by atoms with Crippen LogP contribution >= 0.6 is 0 Å². The molecule has 0 radical (unpaired) electrons.